The molecule has 6 heteroatoms. The highest BCUT2D eigenvalue weighted by Gasteiger charge is 2.32. The number of carbonyl (C=O) groups is 2. The van der Waals surface area contributed by atoms with E-state index < -0.39 is 11.8 Å². The van der Waals surface area contributed by atoms with E-state index in [2.05, 4.69) is 10.9 Å². The molecule has 2 N–H and O–H groups in total. The van der Waals surface area contributed by atoms with Gasteiger partial charge in [0, 0.05) is 21.7 Å². The number of hydrogen-bond donors (Lipinski definition) is 2. The molecule has 0 radical (unpaired) electrons. The van der Waals surface area contributed by atoms with Gasteiger partial charge in [0.25, 0.3) is 11.8 Å². The molecular formula is C21H15ClN2O3. The molecule has 0 spiro atoms. The third-order valence-electron chi connectivity index (χ3n) is 4.35. The van der Waals surface area contributed by atoms with Gasteiger partial charge in [-0.15, -0.1) is 0 Å². The van der Waals surface area contributed by atoms with Crippen LogP contribution in [0.15, 0.2) is 72.8 Å². The normalized spacial score (nSPS) is 12.3. The van der Waals surface area contributed by atoms with Gasteiger partial charge in [0.2, 0.25) is 0 Å². The first kappa shape index (κ1) is 17.1. The van der Waals surface area contributed by atoms with Gasteiger partial charge in [-0.3, -0.25) is 20.4 Å². The fraction of sp³-hybridized carbons (Fsp3) is 0.0476. The maximum Gasteiger partial charge on any atom is 0.269 e. The average molecular weight is 379 g/mol. The predicted octanol–water partition coefficient (Wildman–Crippen LogP) is 4.04. The number of amides is 2. The number of carbonyl (C=O) groups excluding carboxylic acids is 2. The molecule has 0 atom stereocenters. The van der Waals surface area contributed by atoms with Crippen molar-refractivity contribution in [1.82, 2.24) is 10.9 Å². The molecule has 0 bridgehead atoms. The quantitative estimate of drug-likeness (QED) is 0.661. The lowest BCUT2D eigenvalue weighted by Gasteiger charge is -2.27. The second kappa shape index (κ2) is 7.13. The van der Waals surface area contributed by atoms with Gasteiger partial charge in [-0.25, -0.2) is 0 Å². The van der Waals surface area contributed by atoms with Crippen molar-refractivity contribution in [3.8, 4) is 11.5 Å². The number of rotatable bonds is 2. The number of hydrazine groups is 1. The molecule has 0 aromatic heterocycles. The first-order valence-corrected chi connectivity index (χ1v) is 8.73. The maximum absolute atomic E-state index is 12.9. The van der Waals surface area contributed by atoms with Crippen LogP contribution in [-0.4, -0.2) is 11.8 Å². The molecule has 0 saturated heterocycles. The van der Waals surface area contributed by atoms with E-state index >= 15 is 0 Å². The molecule has 27 heavy (non-hydrogen) atoms. The summed E-state index contributed by atoms with van der Waals surface area (Å²) < 4.78 is 5.88. The molecule has 0 saturated carbocycles. The van der Waals surface area contributed by atoms with Gasteiger partial charge >= 0.3 is 0 Å². The summed E-state index contributed by atoms with van der Waals surface area (Å²) in [6.45, 7) is 0. The largest absolute Gasteiger partial charge is 0.457 e. The lowest BCUT2D eigenvalue weighted by atomic mass is 9.87. The molecule has 5 nitrogen and oxygen atoms in total. The van der Waals surface area contributed by atoms with Crippen molar-refractivity contribution in [2.24, 2.45) is 0 Å². The van der Waals surface area contributed by atoms with Crippen molar-refractivity contribution in [2.45, 2.75) is 5.92 Å². The molecule has 1 aliphatic rings. The van der Waals surface area contributed by atoms with Crippen LogP contribution < -0.4 is 15.6 Å². The van der Waals surface area contributed by atoms with Gasteiger partial charge in [-0.1, -0.05) is 48.0 Å². The van der Waals surface area contributed by atoms with Crippen molar-refractivity contribution in [3.63, 3.8) is 0 Å². The van der Waals surface area contributed by atoms with Crippen LogP contribution in [0.1, 0.15) is 27.4 Å². The smallest absolute Gasteiger partial charge is 0.269 e. The van der Waals surface area contributed by atoms with Crippen LogP contribution in [0.3, 0.4) is 0 Å². The van der Waals surface area contributed by atoms with E-state index in [-0.39, 0.29) is 5.91 Å². The van der Waals surface area contributed by atoms with E-state index in [9.17, 15) is 9.59 Å². The summed E-state index contributed by atoms with van der Waals surface area (Å²) in [6, 6.07) is 21.1. The highest BCUT2D eigenvalue weighted by molar-refractivity contribution is 6.30. The highest BCUT2D eigenvalue weighted by Crippen LogP contribution is 2.43. The summed E-state index contributed by atoms with van der Waals surface area (Å²) >= 11 is 5.83. The molecule has 0 unspecified atom stereocenters. The van der Waals surface area contributed by atoms with Gasteiger partial charge in [0.05, 0.1) is 5.92 Å². The Morgan fingerprint density at radius 3 is 1.93 bits per heavy atom. The summed E-state index contributed by atoms with van der Waals surface area (Å²) in [7, 11) is 0. The Morgan fingerprint density at radius 2 is 1.33 bits per heavy atom. The summed E-state index contributed by atoms with van der Waals surface area (Å²) in [4.78, 5) is 25.2. The molecule has 3 aromatic rings. The number of para-hydroxylation sites is 2. The van der Waals surface area contributed by atoms with Crippen LogP contribution in [0.4, 0.5) is 0 Å². The lowest BCUT2D eigenvalue weighted by Crippen LogP contribution is -2.44. The molecular weight excluding hydrogens is 364 g/mol. The topological polar surface area (TPSA) is 67.4 Å². The van der Waals surface area contributed by atoms with Gasteiger partial charge in [0.15, 0.2) is 0 Å². The van der Waals surface area contributed by atoms with Crippen molar-refractivity contribution >= 4 is 23.4 Å². The summed E-state index contributed by atoms with van der Waals surface area (Å²) in [5.41, 5.74) is 6.86. The van der Waals surface area contributed by atoms with Crippen LogP contribution in [0.25, 0.3) is 0 Å². The minimum absolute atomic E-state index is 0.347. The number of fused-ring (bicyclic) bond motifs is 2. The maximum atomic E-state index is 12.9. The summed E-state index contributed by atoms with van der Waals surface area (Å²) in [6.07, 6.45) is 0. The van der Waals surface area contributed by atoms with Crippen molar-refractivity contribution in [3.05, 3.63) is 94.5 Å². The Kier molecular flexibility index (Phi) is 4.52. The Labute approximate surface area is 160 Å². The Balaban J connectivity index is 1.57. The molecule has 134 valence electrons. The zero-order valence-electron chi connectivity index (χ0n) is 14.1. The average Bonchev–Trinajstić information content (AvgIpc) is 2.70. The lowest BCUT2D eigenvalue weighted by molar-refractivity contribution is -0.122. The third-order valence-corrected chi connectivity index (χ3v) is 4.60. The standard InChI is InChI=1S/C21H15ClN2O3/c22-14-11-9-13(10-12-14)20(25)23-24-21(26)19-15-5-1-3-7-17(15)27-18-8-4-2-6-16(18)19/h1-12,19H,(H,23,25)(H,24,26). The van der Waals surface area contributed by atoms with E-state index in [1.54, 1.807) is 24.3 Å². The Bertz CT molecular complexity index is 972. The monoisotopic (exact) mass is 378 g/mol. The molecule has 1 heterocycles. The van der Waals surface area contributed by atoms with Crippen LogP contribution in [0.5, 0.6) is 11.5 Å². The summed E-state index contributed by atoms with van der Waals surface area (Å²) in [5, 5.41) is 0.533. The van der Waals surface area contributed by atoms with Gasteiger partial charge in [-0.05, 0) is 36.4 Å². The van der Waals surface area contributed by atoms with E-state index in [4.69, 9.17) is 16.3 Å². The minimum Gasteiger partial charge on any atom is -0.457 e. The van der Waals surface area contributed by atoms with E-state index in [0.29, 0.717) is 22.1 Å². The first-order chi connectivity index (χ1) is 13.1. The molecule has 3 aromatic carbocycles. The molecule has 1 aliphatic heterocycles. The van der Waals surface area contributed by atoms with Crippen LogP contribution >= 0.6 is 11.6 Å². The zero-order chi connectivity index (χ0) is 18.8. The van der Waals surface area contributed by atoms with Crippen molar-refractivity contribution in [1.29, 1.82) is 0 Å². The van der Waals surface area contributed by atoms with E-state index in [0.717, 1.165) is 11.1 Å². The molecule has 2 amide bonds. The van der Waals surface area contributed by atoms with Gasteiger partial charge in [0.1, 0.15) is 11.5 Å². The third kappa shape index (κ3) is 3.37. The molecule has 4 rings (SSSR count). The number of ether oxygens (including phenoxy) is 1. The Hall–Kier alpha value is -3.31. The first-order valence-electron chi connectivity index (χ1n) is 8.35. The van der Waals surface area contributed by atoms with Crippen LogP contribution in [0.2, 0.25) is 5.02 Å². The van der Waals surface area contributed by atoms with E-state index in [1.165, 1.54) is 0 Å². The zero-order valence-corrected chi connectivity index (χ0v) is 14.9. The SMILES string of the molecule is O=C(NNC(=O)C1c2ccccc2Oc2ccccc21)c1ccc(Cl)cc1. The number of hydrogen-bond acceptors (Lipinski definition) is 3. The number of benzene rings is 3. The number of nitrogens with one attached hydrogen (secondary N) is 2. The molecule has 0 aliphatic carbocycles. The second-order valence-corrected chi connectivity index (χ2v) is 6.50. The summed E-state index contributed by atoms with van der Waals surface area (Å²) in [5.74, 6) is -0.105. The van der Waals surface area contributed by atoms with E-state index in [1.807, 2.05) is 48.5 Å². The fourth-order valence-electron chi connectivity index (χ4n) is 3.06. The minimum atomic E-state index is -0.586. The number of halogens is 1. The Morgan fingerprint density at radius 1 is 0.778 bits per heavy atom. The predicted molar refractivity (Wildman–Crippen MR) is 102 cm³/mol. The fourth-order valence-corrected chi connectivity index (χ4v) is 3.18. The van der Waals surface area contributed by atoms with Crippen LogP contribution in [0, 0.1) is 0 Å². The van der Waals surface area contributed by atoms with Crippen molar-refractivity contribution in [2.75, 3.05) is 0 Å². The molecule has 0 fully saturated rings. The van der Waals surface area contributed by atoms with Crippen molar-refractivity contribution < 1.29 is 14.3 Å². The van der Waals surface area contributed by atoms with Gasteiger partial charge in [-0.2, -0.15) is 0 Å². The van der Waals surface area contributed by atoms with Crippen LogP contribution in [-0.2, 0) is 4.79 Å². The highest BCUT2D eigenvalue weighted by atomic mass is 35.5. The van der Waals surface area contributed by atoms with Gasteiger partial charge < -0.3 is 4.74 Å². The second-order valence-electron chi connectivity index (χ2n) is 6.06.